The van der Waals surface area contributed by atoms with Crippen LogP contribution in [-0.2, 0) is 16.0 Å². The van der Waals surface area contributed by atoms with Crippen molar-refractivity contribution in [3.05, 3.63) is 70.4 Å². The third-order valence-corrected chi connectivity index (χ3v) is 4.75. The maximum atomic E-state index is 12.8. The summed E-state index contributed by atoms with van der Waals surface area (Å²) in [5, 5.41) is 6.42. The number of nitrogens with one attached hydrogen (secondary N) is 1. The number of primary amides is 1. The van der Waals surface area contributed by atoms with E-state index >= 15 is 0 Å². The van der Waals surface area contributed by atoms with Gasteiger partial charge in [0.05, 0.1) is 11.9 Å². The van der Waals surface area contributed by atoms with Gasteiger partial charge >= 0.3 is 0 Å². The second-order valence-corrected chi connectivity index (χ2v) is 6.73. The van der Waals surface area contributed by atoms with E-state index in [1.807, 2.05) is 47.2 Å². The van der Waals surface area contributed by atoms with Crippen LogP contribution >= 0.6 is 11.3 Å². The number of ketones is 1. The number of thiophene rings is 1. The third-order valence-electron chi connectivity index (χ3n) is 4.08. The van der Waals surface area contributed by atoms with E-state index in [0.717, 1.165) is 11.3 Å². The Hall–Kier alpha value is -3.26. The van der Waals surface area contributed by atoms with Crippen LogP contribution in [0.5, 0.6) is 0 Å². The summed E-state index contributed by atoms with van der Waals surface area (Å²) in [4.78, 5) is 40.7. The van der Waals surface area contributed by atoms with Gasteiger partial charge in [0.15, 0.2) is 0 Å². The van der Waals surface area contributed by atoms with Crippen molar-refractivity contribution in [1.29, 1.82) is 0 Å². The number of hydrogen-bond acceptors (Lipinski definition) is 5. The lowest BCUT2D eigenvalue weighted by Gasteiger charge is -2.17. The summed E-state index contributed by atoms with van der Waals surface area (Å²) >= 11 is 1.50. The minimum absolute atomic E-state index is 0.167. The van der Waals surface area contributed by atoms with Gasteiger partial charge in [-0.15, -0.1) is 0 Å². The van der Waals surface area contributed by atoms with Crippen molar-refractivity contribution in [2.24, 2.45) is 5.73 Å². The molecule has 3 rings (SSSR count). The highest BCUT2D eigenvalue weighted by molar-refractivity contribution is 7.08. The fourth-order valence-corrected chi connectivity index (χ4v) is 3.40. The highest BCUT2D eigenvalue weighted by Crippen LogP contribution is 2.18. The summed E-state index contributed by atoms with van der Waals surface area (Å²) in [7, 11) is 0. The van der Waals surface area contributed by atoms with Crippen LogP contribution in [0.1, 0.15) is 21.9 Å². The van der Waals surface area contributed by atoms with E-state index in [1.54, 1.807) is 11.5 Å². The Kier molecular flexibility index (Phi) is 5.46. The van der Waals surface area contributed by atoms with Crippen molar-refractivity contribution in [3.63, 3.8) is 0 Å². The Balaban J connectivity index is 1.87. The molecule has 0 saturated carbocycles. The van der Waals surface area contributed by atoms with Gasteiger partial charge in [-0.3, -0.25) is 19.0 Å². The lowest BCUT2D eigenvalue weighted by atomic mass is 10.0. The van der Waals surface area contributed by atoms with E-state index in [1.165, 1.54) is 17.5 Å². The number of amides is 2. The molecule has 2 amide bonds. The maximum Gasteiger partial charge on any atom is 0.287 e. The molecule has 8 heteroatoms. The van der Waals surface area contributed by atoms with E-state index in [2.05, 4.69) is 10.3 Å². The average Bonchev–Trinajstić information content (AvgIpc) is 3.30. The lowest BCUT2D eigenvalue weighted by Crippen LogP contribution is -2.47. The molecule has 2 heterocycles. The number of Topliss-reactive ketones (excluding diaryl/α,β-unsaturated/α-hetero) is 1. The van der Waals surface area contributed by atoms with Crippen LogP contribution < -0.4 is 11.1 Å². The third kappa shape index (κ3) is 4.12. The predicted octanol–water partition coefficient (Wildman–Crippen LogP) is 1.64. The highest BCUT2D eigenvalue weighted by atomic mass is 32.1. The number of carbonyl (C=O) groups excluding carboxylic acids is 3. The Morgan fingerprint density at radius 2 is 1.96 bits per heavy atom. The molecule has 0 aliphatic heterocycles. The maximum absolute atomic E-state index is 12.8. The van der Waals surface area contributed by atoms with E-state index < -0.39 is 23.6 Å². The topological polar surface area (TPSA) is 107 Å². The fourth-order valence-electron chi connectivity index (χ4n) is 2.78. The van der Waals surface area contributed by atoms with Crippen LogP contribution in [0, 0.1) is 6.92 Å². The van der Waals surface area contributed by atoms with Crippen LogP contribution in [0.2, 0.25) is 0 Å². The molecule has 3 aromatic rings. The van der Waals surface area contributed by atoms with Crippen molar-refractivity contribution < 1.29 is 14.4 Å². The monoisotopic (exact) mass is 382 g/mol. The molecule has 0 radical (unpaired) electrons. The molecular formula is C19H18N4O3S. The standard InChI is InChI=1S/C19H18N4O3S/c1-12-21-10-16(23(12)14-7-8-27-11-14)19(26)22-15(17(24)18(20)25)9-13-5-3-2-4-6-13/h2-8,10-11,15H,9H2,1H3,(H2,20,25)(H,22,26). The van der Waals surface area contributed by atoms with Crippen molar-refractivity contribution in [1.82, 2.24) is 14.9 Å². The first-order valence-electron chi connectivity index (χ1n) is 8.22. The van der Waals surface area contributed by atoms with Crippen LogP contribution in [0.25, 0.3) is 5.69 Å². The van der Waals surface area contributed by atoms with Gasteiger partial charge in [0.1, 0.15) is 17.6 Å². The molecule has 1 atom stereocenters. The molecule has 3 N–H and O–H groups in total. The largest absolute Gasteiger partial charge is 0.363 e. The summed E-state index contributed by atoms with van der Waals surface area (Å²) in [5.74, 6) is -1.79. The Morgan fingerprint density at radius 3 is 2.59 bits per heavy atom. The number of carbonyl (C=O) groups is 3. The average molecular weight is 382 g/mol. The van der Waals surface area contributed by atoms with Crippen molar-refractivity contribution in [2.75, 3.05) is 0 Å². The molecule has 2 aromatic heterocycles. The molecule has 0 aliphatic rings. The minimum Gasteiger partial charge on any atom is -0.363 e. The Morgan fingerprint density at radius 1 is 1.22 bits per heavy atom. The zero-order chi connectivity index (χ0) is 19.4. The van der Waals surface area contributed by atoms with Gasteiger partial charge < -0.3 is 11.1 Å². The normalized spacial score (nSPS) is 11.7. The molecule has 7 nitrogen and oxygen atoms in total. The number of rotatable bonds is 7. The summed E-state index contributed by atoms with van der Waals surface area (Å²) in [6.45, 7) is 1.78. The molecule has 138 valence electrons. The number of benzene rings is 1. The first kappa shape index (κ1) is 18.5. The Bertz CT molecular complexity index is 964. The first-order valence-corrected chi connectivity index (χ1v) is 9.17. The zero-order valence-corrected chi connectivity index (χ0v) is 15.4. The second-order valence-electron chi connectivity index (χ2n) is 5.95. The van der Waals surface area contributed by atoms with Crippen molar-refractivity contribution in [2.45, 2.75) is 19.4 Å². The molecule has 27 heavy (non-hydrogen) atoms. The molecule has 1 unspecified atom stereocenters. The van der Waals surface area contributed by atoms with Crippen LogP contribution in [0.15, 0.2) is 53.4 Å². The SMILES string of the molecule is Cc1ncc(C(=O)NC(Cc2ccccc2)C(=O)C(N)=O)n1-c1ccsc1. The number of hydrogen-bond donors (Lipinski definition) is 2. The number of aromatic nitrogens is 2. The molecule has 1 aromatic carbocycles. The van der Waals surface area contributed by atoms with Gasteiger partial charge in [-0.2, -0.15) is 11.3 Å². The molecule has 0 fully saturated rings. The quantitative estimate of drug-likeness (QED) is 0.606. The summed E-state index contributed by atoms with van der Waals surface area (Å²) in [5.41, 5.74) is 7.05. The predicted molar refractivity (Wildman–Crippen MR) is 102 cm³/mol. The van der Waals surface area contributed by atoms with E-state index in [0.29, 0.717) is 5.82 Å². The lowest BCUT2D eigenvalue weighted by molar-refractivity contribution is -0.137. The molecule has 0 aliphatic carbocycles. The van der Waals surface area contributed by atoms with Crippen LogP contribution in [0.4, 0.5) is 0 Å². The van der Waals surface area contributed by atoms with Gasteiger partial charge in [0.2, 0.25) is 5.78 Å². The summed E-state index contributed by atoms with van der Waals surface area (Å²) < 4.78 is 1.69. The number of aryl methyl sites for hydroxylation is 1. The smallest absolute Gasteiger partial charge is 0.287 e. The Labute approximate surface area is 159 Å². The van der Waals surface area contributed by atoms with Gasteiger partial charge in [0, 0.05) is 11.8 Å². The van der Waals surface area contributed by atoms with E-state index in [4.69, 9.17) is 5.73 Å². The second kappa shape index (κ2) is 7.96. The number of nitrogens with zero attached hydrogens (tertiary/aromatic N) is 2. The van der Waals surface area contributed by atoms with Crippen LogP contribution in [-0.4, -0.2) is 33.2 Å². The number of nitrogens with two attached hydrogens (primary N) is 1. The molecule has 0 spiro atoms. The zero-order valence-electron chi connectivity index (χ0n) is 14.6. The fraction of sp³-hybridized carbons (Fsp3) is 0.158. The number of imidazole rings is 1. The summed E-state index contributed by atoms with van der Waals surface area (Å²) in [6, 6.07) is 9.92. The molecule has 0 bridgehead atoms. The van der Waals surface area contributed by atoms with Crippen molar-refractivity contribution in [3.8, 4) is 5.69 Å². The van der Waals surface area contributed by atoms with E-state index in [-0.39, 0.29) is 12.1 Å². The van der Waals surface area contributed by atoms with Gasteiger partial charge in [0.25, 0.3) is 11.8 Å². The molecule has 0 saturated heterocycles. The molecular weight excluding hydrogens is 364 g/mol. The first-order chi connectivity index (χ1) is 13.0. The van der Waals surface area contributed by atoms with Gasteiger partial charge in [-0.25, -0.2) is 4.98 Å². The van der Waals surface area contributed by atoms with Crippen LogP contribution in [0.3, 0.4) is 0 Å². The van der Waals surface area contributed by atoms with Gasteiger partial charge in [-0.1, -0.05) is 30.3 Å². The summed E-state index contributed by atoms with van der Waals surface area (Å²) in [6.07, 6.45) is 1.61. The highest BCUT2D eigenvalue weighted by Gasteiger charge is 2.27. The van der Waals surface area contributed by atoms with Crippen molar-refractivity contribution >= 4 is 28.9 Å². The van der Waals surface area contributed by atoms with Gasteiger partial charge in [-0.05, 0) is 23.9 Å². The van der Waals surface area contributed by atoms with E-state index in [9.17, 15) is 14.4 Å². The minimum atomic E-state index is -1.08.